The summed E-state index contributed by atoms with van der Waals surface area (Å²) in [5.74, 6) is 0. The Labute approximate surface area is 140 Å². The molecule has 0 bridgehead atoms. The van der Waals surface area contributed by atoms with Gasteiger partial charge >= 0.3 is 12.4 Å². The Morgan fingerprint density at radius 1 is 0.792 bits per heavy atom. The third kappa shape index (κ3) is 3.57. The molecule has 11 heteroatoms. The Morgan fingerprint density at radius 2 is 1.12 bits per heavy atom. The van der Waals surface area contributed by atoms with E-state index in [2.05, 4.69) is 9.97 Å². The smallest absolute Gasteiger partial charge is 0.383 e. The minimum absolute atomic E-state index is 0.613. The lowest BCUT2D eigenvalue weighted by molar-refractivity contribution is -0.143. The first-order valence-electron chi connectivity index (χ1n) is 6.06. The molecule has 0 atom stereocenters. The molecule has 3 nitrogen and oxygen atoms in total. The summed E-state index contributed by atoms with van der Waals surface area (Å²) in [5, 5.41) is 8.97. The van der Waals surface area contributed by atoms with E-state index in [1.165, 1.54) is 0 Å². The van der Waals surface area contributed by atoms with Crippen molar-refractivity contribution in [2.75, 3.05) is 0 Å². The molecule has 24 heavy (non-hydrogen) atoms. The summed E-state index contributed by atoms with van der Waals surface area (Å²) in [6.07, 6.45) is -11.1. The Balaban J connectivity index is 2.75. The normalized spacial score (nSPS) is 12.8. The summed E-state index contributed by atoms with van der Waals surface area (Å²) in [7, 11) is 0. The second kappa shape index (κ2) is 6.38. The number of halogens is 8. The van der Waals surface area contributed by atoms with Crippen molar-refractivity contribution in [1.82, 2.24) is 9.97 Å². The first kappa shape index (κ1) is 18.8. The van der Waals surface area contributed by atoms with Gasteiger partial charge in [-0.2, -0.15) is 26.3 Å². The van der Waals surface area contributed by atoms with E-state index in [1.54, 1.807) is 0 Å². The second-order valence-electron chi connectivity index (χ2n) is 4.51. The van der Waals surface area contributed by atoms with E-state index < -0.39 is 51.0 Å². The third-order valence-corrected chi connectivity index (χ3v) is 3.62. The zero-order valence-electron chi connectivity index (χ0n) is 11.3. The summed E-state index contributed by atoms with van der Waals surface area (Å²) >= 11 is 11.3. The maximum atomic E-state index is 13.0. The standard InChI is InChI=1S/C13H6Cl2F6N2O/c14-5-1-3-22-10(12(16,17)18)7(5)9(24)8-6(15)2-4-23-11(8)13(19,20)21/h1-4,9,24H. The van der Waals surface area contributed by atoms with E-state index in [-0.39, 0.29) is 0 Å². The molecule has 0 saturated carbocycles. The Morgan fingerprint density at radius 3 is 1.42 bits per heavy atom. The van der Waals surface area contributed by atoms with Crippen LogP contribution >= 0.6 is 23.2 Å². The number of aromatic nitrogens is 2. The fourth-order valence-electron chi connectivity index (χ4n) is 2.02. The van der Waals surface area contributed by atoms with Gasteiger partial charge in [0, 0.05) is 23.5 Å². The maximum Gasteiger partial charge on any atom is 0.433 e. The van der Waals surface area contributed by atoms with Crippen molar-refractivity contribution in [3.05, 3.63) is 57.1 Å². The molecule has 2 aromatic heterocycles. The molecule has 2 heterocycles. The summed E-state index contributed by atoms with van der Waals surface area (Å²) in [5.41, 5.74) is -5.30. The lowest BCUT2D eigenvalue weighted by Gasteiger charge is -2.21. The lowest BCUT2D eigenvalue weighted by Crippen LogP contribution is -2.19. The van der Waals surface area contributed by atoms with Crippen LogP contribution in [0.25, 0.3) is 0 Å². The van der Waals surface area contributed by atoms with E-state index in [0.717, 1.165) is 24.5 Å². The monoisotopic (exact) mass is 390 g/mol. The van der Waals surface area contributed by atoms with Crippen molar-refractivity contribution in [3.63, 3.8) is 0 Å². The van der Waals surface area contributed by atoms with E-state index in [1.807, 2.05) is 0 Å². The average Bonchev–Trinajstić information content (AvgIpc) is 2.44. The largest absolute Gasteiger partial charge is 0.433 e. The Hall–Kier alpha value is -1.58. The van der Waals surface area contributed by atoms with E-state index in [4.69, 9.17) is 23.2 Å². The van der Waals surface area contributed by atoms with Gasteiger partial charge in [-0.1, -0.05) is 23.2 Å². The number of pyridine rings is 2. The number of aliphatic hydroxyl groups is 1. The molecule has 0 aliphatic heterocycles. The summed E-state index contributed by atoms with van der Waals surface area (Å²) in [6.45, 7) is 0. The van der Waals surface area contributed by atoms with E-state index >= 15 is 0 Å². The highest BCUT2D eigenvalue weighted by atomic mass is 35.5. The maximum absolute atomic E-state index is 13.0. The number of aliphatic hydroxyl groups excluding tert-OH is 1. The van der Waals surface area contributed by atoms with Gasteiger partial charge in [-0.3, -0.25) is 9.97 Å². The number of hydrogen-bond acceptors (Lipinski definition) is 3. The third-order valence-electron chi connectivity index (χ3n) is 2.96. The van der Waals surface area contributed by atoms with Crippen LogP contribution < -0.4 is 0 Å². The van der Waals surface area contributed by atoms with Crippen LogP contribution in [0.2, 0.25) is 10.0 Å². The molecule has 0 aliphatic carbocycles. The molecule has 0 amide bonds. The summed E-state index contributed by atoms with van der Waals surface area (Å²) in [6, 6.07) is 1.82. The first-order valence-corrected chi connectivity index (χ1v) is 6.81. The zero-order valence-corrected chi connectivity index (χ0v) is 12.8. The predicted octanol–water partition coefficient (Wildman–Crippen LogP) is 4.90. The van der Waals surface area contributed by atoms with Gasteiger partial charge in [-0.05, 0) is 12.1 Å². The summed E-state index contributed by atoms with van der Waals surface area (Å²) < 4.78 is 78.2. The Bertz CT molecular complexity index is 700. The van der Waals surface area contributed by atoms with Gasteiger partial charge in [0.1, 0.15) is 6.10 Å². The zero-order chi connectivity index (χ0) is 18.3. The molecule has 0 aliphatic rings. The van der Waals surface area contributed by atoms with Crippen LogP contribution in [0.1, 0.15) is 28.6 Å². The van der Waals surface area contributed by atoms with Crippen LogP contribution in [0.5, 0.6) is 0 Å². The number of alkyl halides is 6. The minimum Gasteiger partial charge on any atom is -0.383 e. The topological polar surface area (TPSA) is 46.0 Å². The lowest BCUT2D eigenvalue weighted by atomic mass is 9.98. The van der Waals surface area contributed by atoms with Crippen molar-refractivity contribution < 1.29 is 31.4 Å². The molecule has 0 saturated heterocycles. The van der Waals surface area contributed by atoms with E-state index in [9.17, 15) is 31.4 Å². The molecule has 0 aromatic carbocycles. The fourth-order valence-corrected chi connectivity index (χ4v) is 2.51. The van der Waals surface area contributed by atoms with Gasteiger partial charge < -0.3 is 5.11 Å². The van der Waals surface area contributed by atoms with Crippen LogP contribution in [0.4, 0.5) is 26.3 Å². The van der Waals surface area contributed by atoms with Crippen molar-refractivity contribution in [2.45, 2.75) is 18.5 Å². The van der Waals surface area contributed by atoms with Crippen molar-refractivity contribution in [3.8, 4) is 0 Å². The molecule has 0 fully saturated rings. The Kier molecular flexibility index (Phi) is 4.98. The highest BCUT2D eigenvalue weighted by molar-refractivity contribution is 6.32. The second-order valence-corrected chi connectivity index (χ2v) is 5.32. The molecular formula is C13H6Cl2F6N2O. The molecule has 0 unspecified atom stereocenters. The minimum atomic E-state index is -5.05. The summed E-state index contributed by atoms with van der Waals surface area (Å²) in [4.78, 5) is 6.13. The highest BCUT2D eigenvalue weighted by Crippen LogP contribution is 2.43. The van der Waals surface area contributed by atoms with Gasteiger partial charge in [0.05, 0.1) is 10.0 Å². The molecule has 1 N–H and O–H groups in total. The SMILES string of the molecule is OC(c1c(Cl)ccnc1C(F)(F)F)c1c(Cl)ccnc1C(F)(F)F. The van der Waals surface area contributed by atoms with Crippen molar-refractivity contribution in [1.29, 1.82) is 0 Å². The van der Waals surface area contributed by atoms with Crippen LogP contribution in [0.3, 0.4) is 0 Å². The number of nitrogens with zero attached hydrogens (tertiary/aromatic N) is 2. The van der Waals surface area contributed by atoms with Gasteiger partial charge in [-0.15, -0.1) is 0 Å². The van der Waals surface area contributed by atoms with Crippen molar-refractivity contribution >= 4 is 23.2 Å². The van der Waals surface area contributed by atoms with Crippen LogP contribution in [0.15, 0.2) is 24.5 Å². The molecule has 2 aromatic rings. The van der Waals surface area contributed by atoms with Gasteiger partial charge in [0.25, 0.3) is 0 Å². The molecule has 0 radical (unpaired) electrons. The molecule has 130 valence electrons. The molecule has 0 spiro atoms. The molecule has 2 rings (SSSR count). The predicted molar refractivity (Wildman–Crippen MR) is 72.6 cm³/mol. The van der Waals surface area contributed by atoms with E-state index in [0.29, 0.717) is 0 Å². The molecular weight excluding hydrogens is 385 g/mol. The highest BCUT2D eigenvalue weighted by Gasteiger charge is 2.42. The number of rotatable bonds is 2. The van der Waals surface area contributed by atoms with Gasteiger partial charge in [0.2, 0.25) is 0 Å². The van der Waals surface area contributed by atoms with Crippen LogP contribution in [-0.2, 0) is 12.4 Å². The quantitative estimate of drug-likeness (QED) is 0.741. The fraction of sp³-hybridized carbons (Fsp3) is 0.231. The average molecular weight is 391 g/mol. The van der Waals surface area contributed by atoms with Crippen LogP contribution in [0, 0.1) is 0 Å². The van der Waals surface area contributed by atoms with Crippen LogP contribution in [-0.4, -0.2) is 15.1 Å². The van der Waals surface area contributed by atoms with Crippen molar-refractivity contribution in [2.24, 2.45) is 0 Å². The first-order chi connectivity index (χ1) is 10.9. The number of hydrogen-bond donors (Lipinski definition) is 1. The van der Waals surface area contributed by atoms with Gasteiger partial charge in [0.15, 0.2) is 11.4 Å². The van der Waals surface area contributed by atoms with Gasteiger partial charge in [-0.25, -0.2) is 0 Å².